The van der Waals surface area contributed by atoms with Gasteiger partial charge in [-0.2, -0.15) is 0 Å². The van der Waals surface area contributed by atoms with Gasteiger partial charge >= 0.3 is 6.09 Å². The quantitative estimate of drug-likeness (QED) is 0.249. The van der Waals surface area contributed by atoms with Crippen molar-refractivity contribution in [3.05, 3.63) is 87.2 Å². The predicted molar refractivity (Wildman–Crippen MR) is 168 cm³/mol. The molecule has 0 radical (unpaired) electrons. The van der Waals surface area contributed by atoms with Gasteiger partial charge in [0.25, 0.3) is 5.91 Å². The Morgan fingerprint density at radius 1 is 1.09 bits per heavy atom. The predicted octanol–water partition coefficient (Wildman–Crippen LogP) is 6.26. The first-order valence-electron chi connectivity index (χ1n) is 14.8. The number of aliphatic imine (C=N–C) groups is 1. The van der Waals surface area contributed by atoms with Crippen LogP contribution >= 0.6 is 11.3 Å². The molecule has 0 saturated carbocycles. The zero-order valence-corrected chi connectivity index (χ0v) is 26.4. The third-order valence-electron chi connectivity index (χ3n) is 7.59. The molecule has 1 fully saturated rings. The molecule has 0 aliphatic carbocycles. The SMILES string of the molecule is Cc1csc([C@H]2CCCN2C(=O)c2cc(C3=NC3)cc(-c3nnc([C@@](C)(Cc4ccccc4)NC(=O)OC(C)(C)C)o3)c2)n1. The molecule has 2 amide bonds. The second-order valence-electron chi connectivity index (χ2n) is 12.6. The van der Waals surface area contributed by atoms with E-state index in [0.717, 1.165) is 40.4 Å². The number of ether oxygens (including phenoxy) is 1. The van der Waals surface area contributed by atoms with Crippen LogP contribution in [0, 0.1) is 6.92 Å². The molecule has 4 aromatic rings. The summed E-state index contributed by atoms with van der Waals surface area (Å²) >= 11 is 1.60. The van der Waals surface area contributed by atoms with E-state index in [4.69, 9.17) is 9.15 Å². The van der Waals surface area contributed by atoms with Gasteiger partial charge in [-0.25, -0.2) is 9.78 Å². The highest BCUT2D eigenvalue weighted by Gasteiger charge is 2.37. The normalized spacial score (nSPS) is 17.6. The van der Waals surface area contributed by atoms with Gasteiger partial charge in [0, 0.05) is 35.2 Å². The van der Waals surface area contributed by atoms with Crippen molar-refractivity contribution < 1.29 is 18.7 Å². The molecule has 2 aliphatic rings. The molecule has 2 aliphatic heterocycles. The third-order valence-corrected chi connectivity index (χ3v) is 8.65. The number of hydrogen-bond acceptors (Lipinski definition) is 9. The maximum Gasteiger partial charge on any atom is 0.408 e. The Bertz CT molecular complexity index is 1720. The Morgan fingerprint density at radius 3 is 2.52 bits per heavy atom. The van der Waals surface area contributed by atoms with Crippen molar-refractivity contribution in [2.75, 3.05) is 13.1 Å². The fourth-order valence-electron chi connectivity index (χ4n) is 5.49. The van der Waals surface area contributed by atoms with Crippen LogP contribution in [0.1, 0.15) is 84.7 Å². The number of thiazole rings is 1. The fraction of sp³-hybridized carbons (Fsp3) is 0.394. The monoisotopic (exact) mass is 612 g/mol. The lowest BCUT2D eigenvalue weighted by molar-refractivity contribution is 0.0443. The highest BCUT2D eigenvalue weighted by atomic mass is 32.1. The Kier molecular flexibility index (Phi) is 7.83. The fourth-order valence-corrected chi connectivity index (χ4v) is 6.43. The van der Waals surface area contributed by atoms with Gasteiger partial charge in [-0.05, 0) is 76.8 Å². The summed E-state index contributed by atoms with van der Waals surface area (Å²) in [5, 5.41) is 14.7. The van der Waals surface area contributed by atoms with Crippen LogP contribution in [0.2, 0.25) is 0 Å². The molecular formula is C33H36N6O4S. The number of nitrogens with one attached hydrogen (secondary N) is 1. The highest BCUT2D eigenvalue weighted by molar-refractivity contribution is 7.09. The van der Waals surface area contributed by atoms with Crippen molar-refractivity contribution in [1.29, 1.82) is 0 Å². The van der Waals surface area contributed by atoms with E-state index < -0.39 is 17.2 Å². The van der Waals surface area contributed by atoms with Crippen LogP contribution in [0.3, 0.4) is 0 Å². The van der Waals surface area contributed by atoms with Crippen LogP contribution in [-0.2, 0) is 16.7 Å². The number of carbonyl (C=O) groups excluding carboxylic acids is 2. The van der Waals surface area contributed by atoms with Gasteiger partial charge in [-0.1, -0.05) is 30.3 Å². The lowest BCUT2D eigenvalue weighted by Gasteiger charge is -2.29. The topological polar surface area (TPSA) is 123 Å². The average molecular weight is 613 g/mol. The Hall–Kier alpha value is -4.38. The minimum Gasteiger partial charge on any atom is -0.444 e. The second kappa shape index (κ2) is 11.6. The third kappa shape index (κ3) is 6.57. The number of alkyl carbamates (subject to hydrolysis) is 1. The Labute approximate surface area is 260 Å². The van der Waals surface area contributed by atoms with Gasteiger partial charge in [0.2, 0.25) is 11.8 Å². The van der Waals surface area contributed by atoms with Gasteiger partial charge in [-0.3, -0.25) is 9.79 Å². The van der Waals surface area contributed by atoms with Crippen molar-refractivity contribution in [2.45, 2.75) is 71.1 Å². The van der Waals surface area contributed by atoms with E-state index in [0.29, 0.717) is 30.6 Å². The summed E-state index contributed by atoms with van der Waals surface area (Å²) in [4.78, 5) is 37.9. The maximum absolute atomic E-state index is 14.0. The smallest absolute Gasteiger partial charge is 0.408 e. The lowest BCUT2D eigenvalue weighted by atomic mass is 9.92. The molecular weight excluding hydrogens is 576 g/mol. The number of benzene rings is 2. The van der Waals surface area contributed by atoms with Crippen LogP contribution in [0.5, 0.6) is 0 Å². The molecule has 0 unspecified atom stereocenters. The number of rotatable bonds is 8. The Balaban J connectivity index is 1.33. The van der Waals surface area contributed by atoms with Crippen molar-refractivity contribution in [3.8, 4) is 11.5 Å². The minimum absolute atomic E-state index is 0.0424. The summed E-state index contributed by atoms with van der Waals surface area (Å²) in [6, 6.07) is 15.3. The summed E-state index contributed by atoms with van der Waals surface area (Å²) in [5.41, 5.74) is 3.11. The largest absolute Gasteiger partial charge is 0.444 e. The van der Waals surface area contributed by atoms with Gasteiger partial charge in [0.15, 0.2) is 0 Å². The molecule has 0 bridgehead atoms. The number of nitrogens with zero attached hydrogens (tertiary/aromatic N) is 5. The van der Waals surface area contributed by atoms with E-state index in [1.165, 1.54) is 0 Å². The van der Waals surface area contributed by atoms with Crippen molar-refractivity contribution >= 4 is 29.0 Å². The van der Waals surface area contributed by atoms with E-state index in [9.17, 15) is 9.59 Å². The molecule has 228 valence electrons. The summed E-state index contributed by atoms with van der Waals surface area (Å²) in [5.74, 6) is 0.406. The first kappa shape index (κ1) is 29.7. The molecule has 4 heterocycles. The van der Waals surface area contributed by atoms with Gasteiger partial charge < -0.3 is 19.4 Å². The molecule has 10 nitrogen and oxygen atoms in total. The number of carbonyl (C=O) groups is 2. The molecule has 2 aromatic carbocycles. The van der Waals surface area contributed by atoms with Gasteiger partial charge in [0.05, 0.1) is 18.3 Å². The highest BCUT2D eigenvalue weighted by Crippen LogP contribution is 2.36. The zero-order valence-electron chi connectivity index (χ0n) is 25.6. The van der Waals surface area contributed by atoms with E-state index in [-0.39, 0.29) is 23.7 Å². The number of likely N-dealkylation sites (tertiary alicyclic amines) is 1. The number of aryl methyl sites for hydroxylation is 1. The average Bonchev–Trinajstić information content (AvgIpc) is 3.32. The van der Waals surface area contributed by atoms with Crippen LogP contribution in [0.4, 0.5) is 4.79 Å². The molecule has 1 N–H and O–H groups in total. The molecule has 2 aromatic heterocycles. The van der Waals surface area contributed by atoms with E-state index in [1.807, 2.05) is 87.4 Å². The number of amides is 2. The molecule has 44 heavy (non-hydrogen) atoms. The van der Waals surface area contributed by atoms with E-state index >= 15 is 0 Å². The summed E-state index contributed by atoms with van der Waals surface area (Å²) in [6.45, 7) is 10.5. The minimum atomic E-state index is -1.07. The van der Waals surface area contributed by atoms with E-state index in [2.05, 4.69) is 25.5 Å². The molecule has 1 saturated heterocycles. The summed E-state index contributed by atoms with van der Waals surface area (Å²) < 4.78 is 11.8. The lowest BCUT2D eigenvalue weighted by Crippen LogP contribution is -2.47. The Morgan fingerprint density at radius 2 is 1.84 bits per heavy atom. The first-order valence-corrected chi connectivity index (χ1v) is 15.7. The van der Waals surface area contributed by atoms with Crippen LogP contribution < -0.4 is 5.32 Å². The van der Waals surface area contributed by atoms with Crippen molar-refractivity contribution in [1.82, 2.24) is 25.4 Å². The molecule has 2 atom stereocenters. The van der Waals surface area contributed by atoms with Crippen LogP contribution in [0.25, 0.3) is 11.5 Å². The van der Waals surface area contributed by atoms with Crippen LogP contribution in [-0.4, -0.2) is 56.5 Å². The first-order chi connectivity index (χ1) is 21.0. The number of hydrogen-bond donors (Lipinski definition) is 1. The maximum atomic E-state index is 14.0. The molecule has 11 heteroatoms. The number of aromatic nitrogens is 3. The standard InChI is InChI=1S/C33H36N6O4S/c1-20-19-44-28(35-20)26-12-9-13-39(26)29(40)24-15-22(25-18-34-25)14-23(16-24)27-37-38-30(42-27)33(5,17-21-10-7-6-8-11-21)36-31(41)43-32(2,3)4/h6-8,10-11,14-16,19,26H,9,12-13,17-18H2,1-5H3,(H,36,41)/t26-,33-/m1/s1. The van der Waals surface area contributed by atoms with Crippen molar-refractivity contribution in [3.63, 3.8) is 0 Å². The van der Waals surface area contributed by atoms with Gasteiger partial charge in [0.1, 0.15) is 16.1 Å². The molecule has 6 rings (SSSR count). The second-order valence-corrected chi connectivity index (χ2v) is 13.5. The summed E-state index contributed by atoms with van der Waals surface area (Å²) in [6.07, 6.45) is 1.61. The van der Waals surface area contributed by atoms with Crippen molar-refractivity contribution in [2.24, 2.45) is 4.99 Å². The summed E-state index contributed by atoms with van der Waals surface area (Å²) in [7, 11) is 0. The van der Waals surface area contributed by atoms with E-state index in [1.54, 1.807) is 17.4 Å². The van der Waals surface area contributed by atoms with Gasteiger partial charge in [-0.15, -0.1) is 21.5 Å². The zero-order chi connectivity index (χ0) is 31.1. The van der Waals surface area contributed by atoms with Crippen LogP contribution in [0.15, 0.2) is 63.3 Å². The molecule has 0 spiro atoms.